The van der Waals surface area contributed by atoms with Crippen LogP contribution in [-0.4, -0.2) is 35.4 Å². The molecule has 0 saturated carbocycles. The van der Waals surface area contributed by atoms with Crippen molar-refractivity contribution in [2.24, 2.45) is 0 Å². The minimum Gasteiger partial charge on any atom is -0.481 e. The van der Waals surface area contributed by atoms with Crippen LogP contribution in [0.15, 0.2) is 0 Å². The van der Waals surface area contributed by atoms with Gasteiger partial charge in [0, 0.05) is 26.1 Å². The van der Waals surface area contributed by atoms with Gasteiger partial charge in [0.25, 0.3) is 0 Å². The van der Waals surface area contributed by atoms with E-state index in [-0.39, 0.29) is 6.42 Å². The van der Waals surface area contributed by atoms with Crippen LogP contribution in [0.5, 0.6) is 0 Å². The summed E-state index contributed by atoms with van der Waals surface area (Å²) in [6.45, 7) is 1.29. The molecule has 0 aromatic carbocycles. The van der Waals surface area contributed by atoms with Crippen molar-refractivity contribution in [2.75, 3.05) is 13.2 Å². The highest BCUT2D eigenvalue weighted by Crippen LogP contribution is 2.11. The lowest BCUT2D eigenvalue weighted by Gasteiger charge is -2.04. The monoisotopic (exact) mass is 316 g/mol. The summed E-state index contributed by atoms with van der Waals surface area (Å²) in [5, 5.41) is 17.0. The fourth-order valence-electron chi connectivity index (χ4n) is 2.32. The highest BCUT2D eigenvalue weighted by Gasteiger charge is 1.98. The molecule has 0 aromatic rings. The lowest BCUT2D eigenvalue weighted by molar-refractivity contribution is -0.138. The number of ether oxygens (including phenoxy) is 1. The van der Waals surface area contributed by atoms with Crippen LogP contribution in [0.3, 0.4) is 0 Å². The zero-order chi connectivity index (χ0) is 16.5. The third-order valence-electron chi connectivity index (χ3n) is 3.61. The average Bonchev–Trinajstić information content (AvgIpc) is 2.46. The predicted molar refractivity (Wildman–Crippen MR) is 86.1 cm³/mol. The molecule has 0 aliphatic rings. The Kier molecular flexibility index (Phi) is 15.5. The summed E-state index contributed by atoms with van der Waals surface area (Å²) in [7, 11) is 0. The Balaban J connectivity index is 2.99. The second-order valence-electron chi connectivity index (χ2n) is 5.79. The molecule has 0 aliphatic carbocycles. The topological polar surface area (TPSA) is 83.8 Å². The normalized spacial score (nSPS) is 10.7. The van der Waals surface area contributed by atoms with Gasteiger partial charge < -0.3 is 14.9 Å². The van der Waals surface area contributed by atoms with Crippen LogP contribution in [0.1, 0.15) is 83.5 Å². The van der Waals surface area contributed by atoms with Crippen molar-refractivity contribution in [3.8, 4) is 0 Å². The number of hydrogen-bond donors (Lipinski definition) is 2. The molecule has 2 N–H and O–H groups in total. The molecular weight excluding hydrogens is 284 g/mol. The largest absolute Gasteiger partial charge is 0.481 e. The molecule has 0 unspecified atom stereocenters. The zero-order valence-corrected chi connectivity index (χ0v) is 13.7. The van der Waals surface area contributed by atoms with Gasteiger partial charge in [0.05, 0.1) is 0 Å². The van der Waals surface area contributed by atoms with E-state index < -0.39 is 11.9 Å². The Morgan fingerprint density at radius 2 is 0.909 bits per heavy atom. The first-order valence-electron chi connectivity index (χ1n) is 8.64. The summed E-state index contributed by atoms with van der Waals surface area (Å²) < 4.78 is 5.38. The third kappa shape index (κ3) is 18.9. The van der Waals surface area contributed by atoms with Crippen molar-refractivity contribution in [1.82, 2.24) is 0 Å². The number of carboxylic acids is 2. The molecule has 5 nitrogen and oxygen atoms in total. The van der Waals surface area contributed by atoms with Crippen LogP contribution in [0.2, 0.25) is 0 Å². The fraction of sp³-hybridized carbons (Fsp3) is 0.882. The maximum atomic E-state index is 10.3. The summed E-state index contributed by atoms with van der Waals surface area (Å²) in [5.74, 6) is -1.45. The summed E-state index contributed by atoms with van der Waals surface area (Å²) in [6, 6.07) is 0. The van der Waals surface area contributed by atoms with E-state index in [0.29, 0.717) is 19.4 Å². The fourth-order valence-corrected chi connectivity index (χ4v) is 2.32. The molecule has 0 amide bonds. The number of carboxylic acid groups (broad SMARTS) is 2. The van der Waals surface area contributed by atoms with Crippen molar-refractivity contribution >= 4 is 11.9 Å². The van der Waals surface area contributed by atoms with Crippen molar-refractivity contribution < 1.29 is 24.5 Å². The summed E-state index contributed by atoms with van der Waals surface area (Å²) >= 11 is 0. The zero-order valence-electron chi connectivity index (χ0n) is 13.7. The van der Waals surface area contributed by atoms with Gasteiger partial charge in [-0.1, -0.05) is 51.4 Å². The lowest BCUT2D eigenvalue weighted by Crippen LogP contribution is -2.01. The number of rotatable bonds is 17. The summed E-state index contributed by atoms with van der Waals surface area (Å²) in [5.41, 5.74) is 0. The first kappa shape index (κ1) is 20.9. The second kappa shape index (κ2) is 16.3. The smallest absolute Gasteiger partial charge is 0.303 e. The molecule has 22 heavy (non-hydrogen) atoms. The number of unbranched alkanes of at least 4 members (excludes halogenated alkanes) is 9. The van der Waals surface area contributed by atoms with Crippen LogP contribution in [0.25, 0.3) is 0 Å². The van der Waals surface area contributed by atoms with Crippen LogP contribution in [-0.2, 0) is 14.3 Å². The van der Waals surface area contributed by atoms with E-state index in [2.05, 4.69) is 0 Å². The second-order valence-corrected chi connectivity index (χ2v) is 5.79. The summed E-state index contributed by atoms with van der Waals surface area (Å²) in [4.78, 5) is 20.6. The van der Waals surface area contributed by atoms with Gasteiger partial charge in [-0.25, -0.2) is 0 Å². The van der Waals surface area contributed by atoms with Gasteiger partial charge in [-0.3, -0.25) is 9.59 Å². The highest BCUT2D eigenvalue weighted by atomic mass is 16.5. The Morgan fingerprint density at radius 3 is 1.41 bits per heavy atom. The van der Waals surface area contributed by atoms with E-state index in [0.717, 1.165) is 32.3 Å². The molecule has 5 heteroatoms. The molecule has 0 aromatic heterocycles. The molecule has 130 valence electrons. The van der Waals surface area contributed by atoms with Crippen LogP contribution in [0, 0.1) is 0 Å². The number of hydrogen-bond acceptors (Lipinski definition) is 3. The molecule has 0 atom stereocenters. The maximum Gasteiger partial charge on any atom is 0.303 e. The van der Waals surface area contributed by atoms with Crippen LogP contribution >= 0.6 is 0 Å². The van der Waals surface area contributed by atoms with Crippen molar-refractivity contribution in [2.45, 2.75) is 83.5 Å². The van der Waals surface area contributed by atoms with E-state index in [1.54, 1.807) is 0 Å². The van der Waals surface area contributed by atoms with Gasteiger partial charge in [-0.15, -0.1) is 0 Å². The first-order valence-corrected chi connectivity index (χ1v) is 8.64. The van der Waals surface area contributed by atoms with Gasteiger partial charge in [0.15, 0.2) is 0 Å². The van der Waals surface area contributed by atoms with E-state index in [9.17, 15) is 9.59 Å². The van der Waals surface area contributed by atoms with E-state index in [1.165, 1.54) is 38.5 Å². The quantitative estimate of drug-likeness (QED) is 0.392. The van der Waals surface area contributed by atoms with Crippen LogP contribution in [0.4, 0.5) is 0 Å². The number of aliphatic carboxylic acids is 2. The molecule has 0 aliphatic heterocycles. The standard InChI is InChI=1S/C17H32O5/c18-16(19)12-9-7-5-3-1-2-4-6-8-10-14-22-15-11-13-17(20)21/h1-15H2,(H,18,19)(H,20,21). The van der Waals surface area contributed by atoms with Gasteiger partial charge in [-0.2, -0.15) is 0 Å². The van der Waals surface area contributed by atoms with Crippen molar-refractivity contribution in [3.63, 3.8) is 0 Å². The Labute approximate surface area is 134 Å². The molecule has 0 fully saturated rings. The minimum absolute atomic E-state index is 0.191. The van der Waals surface area contributed by atoms with Gasteiger partial charge >= 0.3 is 11.9 Å². The first-order chi connectivity index (χ1) is 10.6. The van der Waals surface area contributed by atoms with E-state index in [4.69, 9.17) is 14.9 Å². The highest BCUT2D eigenvalue weighted by molar-refractivity contribution is 5.66. The van der Waals surface area contributed by atoms with Crippen molar-refractivity contribution in [3.05, 3.63) is 0 Å². The molecule has 0 rings (SSSR count). The Bertz CT molecular complexity index is 250. The minimum atomic E-state index is -0.759. The van der Waals surface area contributed by atoms with Crippen molar-refractivity contribution in [1.29, 1.82) is 0 Å². The van der Waals surface area contributed by atoms with Crippen LogP contribution < -0.4 is 0 Å². The van der Waals surface area contributed by atoms with Gasteiger partial charge in [0.2, 0.25) is 0 Å². The third-order valence-corrected chi connectivity index (χ3v) is 3.61. The Morgan fingerprint density at radius 1 is 0.545 bits per heavy atom. The molecule has 0 heterocycles. The van der Waals surface area contributed by atoms with Gasteiger partial charge in [0.1, 0.15) is 0 Å². The Hall–Kier alpha value is -1.10. The summed E-state index contributed by atoms with van der Waals surface area (Å²) in [6.07, 6.45) is 12.5. The average molecular weight is 316 g/mol. The lowest BCUT2D eigenvalue weighted by atomic mass is 10.1. The van der Waals surface area contributed by atoms with E-state index in [1.807, 2.05) is 0 Å². The molecule has 0 bridgehead atoms. The van der Waals surface area contributed by atoms with Gasteiger partial charge in [-0.05, 0) is 19.3 Å². The predicted octanol–water partition coefficient (Wildman–Crippen LogP) is 4.24. The number of carbonyl (C=O) groups is 2. The molecular formula is C17H32O5. The maximum absolute atomic E-state index is 10.3. The molecule has 0 spiro atoms. The van der Waals surface area contributed by atoms with E-state index >= 15 is 0 Å². The molecule has 0 saturated heterocycles. The molecule has 0 radical (unpaired) electrons. The SMILES string of the molecule is O=C(O)CCCCCCCCCCCCOCCCC(=O)O.